The van der Waals surface area contributed by atoms with Crippen molar-refractivity contribution in [3.8, 4) is 0 Å². The van der Waals surface area contributed by atoms with E-state index in [2.05, 4.69) is 12.3 Å². The van der Waals surface area contributed by atoms with Crippen LogP contribution in [0, 0.1) is 0 Å². The second-order valence-electron chi connectivity index (χ2n) is 4.22. The molecule has 0 amide bonds. The van der Waals surface area contributed by atoms with Crippen LogP contribution < -0.4 is 0 Å². The molecule has 0 fully saturated rings. The molecule has 20 heavy (non-hydrogen) atoms. The van der Waals surface area contributed by atoms with Crippen molar-refractivity contribution in [1.29, 1.82) is 0 Å². The number of carbonyl (C=O) groups is 1. The molecule has 0 unspecified atom stereocenters. The molecule has 2 rings (SSSR count). The Morgan fingerprint density at radius 1 is 1.00 bits per heavy atom. The van der Waals surface area contributed by atoms with Gasteiger partial charge in [-0.15, -0.1) is 5.73 Å². The van der Waals surface area contributed by atoms with Gasteiger partial charge >= 0.3 is 5.97 Å². The van der Waals surface area contributed by atoms with Crippen LogP contribution in [0.2, 0.25) is 0 Å². The van der Waals surface area contributed by atoms with Crippen molar-refractivity contribution < 1.29 is 9.53 Å². The summed E-state index contributed by atoms with van der Waals surface area (Å²) in [6, 6.07) is 17.2. The molecule has 0 saturated heterocycles. The molecule has 100 valence electrons. The Labute approximate surface area is 119 Å². The Balaban J connectivity index is 2.30. The molecule has 0 bridgehead atoms. The maximum atomic E-state index is 11.6. The van der Waals surface area contributed by atoms with Gasteiger partial charge in [0.05, 0.1) is 12.2 Å². The minimum atomic E-state index is -0.303. The number of esters is 1. The van der Waals surface area contributed by atoms with E-state index in [9.17, 15) is 4.79 Å². The molecule has 2 aromatic rings. The number of benzene rings is 2. The standard InChI is InChI=1S/C18H16O2/c1-3-17(14-8-6-5-7-9-14)15-10-12-16(13-11-15)18(19)20-4-2/h5-13H,1,4H2,2H3. The number of hydrogen-bond acceptors (Lipinski definition) is 2. The third kappa shape index (κ3) is 3.05. The first kappa shape index (κ1) is 13.9. The monoisotopic (exact) mass is 264 g/mol. The van der Waals surface area contributed by atoms with Crippen LogP contribution in [-0.2, 0) is 4.74 Å². The Bertz CT molecular complexity index is 633. The third-order valence-corrected chi connectivity index (χ3v) is 2.92. The fourth-order valence-corrected chi connectivity index (χ4v) is 1.96. The summed E-state index contributed by atoms with van der Waals surface area (Å²) in [6.45, 7) is 5.92. The molecule has 0 radical (unpaired) electrons. The Kier molecular flexibility index (Phi) is 4.54. The predicted molar refractivity (Wildman–Crippen MR) is 80.5 cm³/mol. The highest BCUT2D eigenvalue weighted by molar-refractivity contribution is 5.90. The van der Waals surface area contributed by atoms with Gasteiger partial charge in [-0.05, 0) is 30.2 Å². The molecule has 0 aliphatic carbocycles. The molecule has 0 aliphatic heterocycles. The van der Waals surface area contributed by atoms with E-state index in [0.29, 0.717) is 12.2 Å². The smallest absolute Gasteiger partial charge is 0.338 e. The SMILES string of the molecule is C=C=C(c1ccccc1)c1ccc(C(=O)OCC)cc1. The molecular weight excluding hydrogens is 248 g/mol. The van der Waals surface area contributed by atoms with Crippen LogP contribution in [0.3, 0.4) is 0 Å². The summed E-state index contributed by atoms with van der Waals surface area (Å²) in [6.07, 6.45) is 0. The first-order valence-electron chi connectivity index (χ1n) is 6.49. The molecule has 0 aromatic heterocycles. The van der Waals surface area contributed by atoms with E-state index >= 15 is 0 Å². The Morgan fingerprint density at radius 3 is 2.10 bits per heavy atom. The lowest BCUT2D eigenvalue weighted by Gasteiger charge is -2.07. The third-order valence-electron chi connectivity index (χ3n) is 2.92. The molecule has 0 atom stereocenters. The maximum absolute atomic E-state index is 11.6. The van der Waals surface area contributed by atoms with Crippen molar-refractivity contribution in [3.63, 3.8) is 0 Å². The van der Waals surface area contributed by atoms with E-state index < -0.39 is 0 Å². The second kappa shape index (κ2) is 6.55. The first-order chi connectivity index (χ1) is 9.76. The van der Waals surface area contributed by atoms with Gasteiger partial charge in [0.1, 0.15) is 0 Å². The zero-order valence-electron chi connectivity index (χ0n) is 11.4. The second-order valence-corrected chi connectivity index (χ2v) is 4.22. The molecular formula is C18H16O2. The van der Waals surface area contributed by atoms with E-state index in [1.807, 2.05) is 42.5 Å². The lowest BCUT2D eigenvalue weighted by molar-refractivity contribution is 0.0526. The quantitative estimate of drug-likeness (QED) is 0.614. The van der Waals surface area contributed by atoms with Crippen LogP contribution >= 0.6 is 0 Å². The van der Waals surface area contributed by atoms with E-state index in [-0.39, 0.29) is 5.97 Å². The van der Waals surface area contributed by atoms with Gasteiger partial charge in [0.2, 0.25) is 0 Å². The highest BCUT2D eigenvalue weighted by Gasteiger charge is 2.08. The molecule has 0 N–H and O–H groups in total. The van der Waals surface area contributed by atoms with Crippen LogP contribution in [0.15, 0.2) is 66.9 Å². The highest BCUT2D eigenvalue weighted by Crippen LogP contribution is 2.22. The van der Waals surface area contributed by atoms with Gasteiger partial charge in [-0.2, -0.15) is 0 Å². The van der Waals surface area contributed by atoms with E-state index in [0.717, 1.165) is 16.7 Å². The number of ether oxygens (including phenoxy) is 1. The van der Waals surface area contributed by atoms with Crippen molar-refractivity contribution >= 4 is 11.5 Å². The minimum Gasteiger partial charge on any atom is -0.462 e. The van der Waals surface area contributed by atoms with Gasteiger partial charge in [-0.25, -0.2) is 4.79 Å². The van der Waals surface area contributed by atoms with Gasteiger partial charge < -0.3 is 4.74 Å². The van der Waals surface area contributed by atoms with Crippen LogP contribution in [0.25, 0.3) is 5.57 Å². The summed E-state index contributed by atoms with van der Waals surface area (Å²) in [5, 5.41) is 0. The van der Waals surface area contributed by atoms with E-state index in [4.69, 9.17) is 4.74 Å². The average Bonchev–Trinajstić information content (AvgIpc) is 2.50. The van der Waals surface area contributed by atoms with Crippen LogP contribution in [-0.4, -0.2) is 12.6 Å². The van der Waals surface area contributed by atoms with Gasteiger partial charge in [0.25, 0.3) is 0 Å². The Morgan fingerprint density at radius 2 is 1.55 bits per heavy atom. The van der Waals surface area contributed by atoms with Crippen LogP contribution in [0.1, 0.15) is 28.4 Å². The largest absolute Gasteiger partial charge is 0.462 e. The van der Waals surface area contributed by atoms with Crippen molar-refractivity contribution in [1.82, 2.24) is 0 Å². The summed E-state index contributed by atoms with van der Waals surface area (Å²) in [7, 11) is 0. The summed E-state index contributed by atoms with van der Waals surface area (Å²) < 4.78 is 4.97. The number of rotatable bonds is 4. The molecule has 2 aromatic carbocycles. The maximum Gasteiger partial charge on any atom is 0.338 e. The molecule has 0 saturated carbocycles. The summed E-state index contributed by atoms with van der Waals surface area (Å²) in [5.41, 5.74) is 6.44. The summed E-state index contributed by atoms with van der Waals surface area (Å²) >= 11 is 0. The van der Waals surface area contributed by atoms with Crippen molar-refractivity contribution in [2.45, 2.75) is 6.92 Å². The van der Waals surface area contributed by atoms with Gasteiger partial charge in [-0.3, -0.25) is 0 Å². The average molecular weight is 264 g/mol. The molecule has 0 aliphatic rings. The predicted octanol–water partition coefficient (Wildman–Crippen LogP) is 4.08. The number of hydrogen-bond donors (Lipinski definition) is 0. The van der Waals surface area contributed by atoms with Crippen molar-refractivity contribution in [3.05, 3.63) is 83.6 Å². The zero-order valence-corrected chi connectivity index (χ0v) is 11.4. The Hall–Kier alpha value is -2.57. The molecule has 2 heteroatoms. The summed E-state index contributed by atoms with van der Waals surface area (Å²) in [5.74, 6) is -0.303. The fourth-order valence-electron chi connectivity index (χ4n) is 1.96. The number of carbonyl (C=O) groups excluding carboxylic acids is 1. The summed E-state index contributed by atoms with van der Waals surface area (Å²) in [4.78, 5) is 11.6. The van der Waals surface area contributed by atoms with E-state index in [1.54, 1.807) is 19.1 Å². The molecule has 0 heterocycles. The fraction of sp³-hybridized carbons (Fsp3) is 0.111. The topological polar surface area (TPSA) is 26.3 Å². The molecule has 0 spiro atoms. The lowest BCUT2D eigenvalue weighted by atomic mass is 9.98. The molecule has 2 nitrogen and oxygen atoms in total. The van der Waals surface area contributed by atoms with Crippen molar-refractivity contribution in [2.24, 2.45) is 0 Å². The van der Waals surface area contributed by atoms with Crippen LogP contribution in [0.5, 0.6) is 0 Å². The normalized spacial score (nSPS) is 9.65. The van der Waals surface area contributed by atoms with Gasteiger partial charge in [-0.1, -0.05) is 49.0 Å². The van der Waals surface area contributed by atoms with Gasteiger partial charge in [0, 0.05) is 5.57 Å². The van der Waals surface area contributed by atoms with E-state index in [1.165, 1.54) is 0 Å². The minimum absolute atomic E-state index is 0.303. The van der Waals surface area contributed by atoms with Crippen molar-refractivity contribution in [2.75, 3.05) is 6.61 Å². The van der Waals surface area contributed by atoms with Crippen LogP contribution in [0.4, 0.5) is 0 Å². The van der Waals surface area contributed by atoms with Gasteiger partial charge in [0.15, 0.2) is 0 Å². The highest BCUT2D eigenvalue weighted by atomic mass is 16.5. The first-order valence-corrected chi connectivity index (χ1v) is 6.49. The lowest BCUT2D eigenvalue weighted by Crippen LogP contribution is -2.04. The zero-order chi connectivity index (χ0) is 14.4.